The molecule has 0 aliphatic heterocycles. The molecule has 1 atom stereocenters. The van der Waals surface area contributed by atoms with Crippen LogP contribution >= 0.6 is 23.1 Å². The molecule has 1 amide bonds. The normalized spacial score (nSPS) is 11.9. The van der Waals surface area contributed by atoms with Crippen LogP contribution in [0.5, 0.6) is 0 Å². The van der Waals surface area contributed by atoms with Crippen LogP contribution in [0.1, 0.15) is 12.5 Å². The average molecular weight is 301 g/mol. The van der Waals surface area contributed by atoms with Crippen LogP contribution in [0.25, 0.3) is 0 Å². The van der Waals surface area contributed by atoms with Gasteiger partial charge in [-0.25, -0.2) is 0 Å². The van der Waals surface area contributed by atoms with E-state index in [0.717, 1.165) is 5.56 Å². The third-order valence-corrected chi connectivity index (χ3v) is 4.54. The van der Waals surface area contributed by atoms with Crippen molar-refractivity contribution in [2.75, 3.05) is 25.7 Å². The van der Waals surface area contributed by atoms with E-state index in [9.17, 15) is 9.59 Å². The van der Waals surface area contributed by atoms with Gasteiger partial charge in [0, 0.05) is 19.3 Å². The van der Waals surface area contributed by atoms with E-state index < -0.39 is 0 Å². The highest BCUT2D eigenvalue weighted by atomic mass is 32.2. The molecule has 0 aliphatic carbocycles. The fourth-order valence-corrected chi connectivity index (χ4v) is 3.11. The van der Waals surface area contributed by atoms with Crippen LogP contribution in [-0.4, -0.2) is 42.4 Å². The first-order chi connectivity index (χ1) is 9.04. The number of rotatable bonds is 7. The Balaban J connectivity index is 2.25. The molecule has 0 spiro atoms. The summed E-state index contributed by atoms with van der Waals surface area (Å²) in [7, 11) is 3.17. The number of thioether (sulfide) groups is 1. The molecule has 0 N–H and O–H groups in total. The Morgan fingerprint density at radius 2 is 2.26 bits per heavy atom. The van der Waals surface area contributed by atoms with Crippen LogP contribution in [0.2, 0.25) is 0 Å². The Morgan fingerprint density at radius 1 is 1.53 bits per heavy atom. The number of carbonyl (C=O) groups excluding carboxylic acids is 2. The minimum Gasteiger partial charge on any atom is -0.469 e. The lowest BCUT2D eigenvalue weighted by Crippen LogP contribution is -2.28. The molecule has 0 fully saturated rings. The first-order valence-corrected chi connectivity index (χ1v) is 8.05. The number of methoxy groups -OCH3 is 1. The number of carbonyl (C=O) groups is 2. The second kappa shape index (κ2) is 8.22. The lowest BCUT2D eigenvalue weighted by atomic mass is 10.2. The predicted molar refractivity (Wildman–Crippen MR) is 79.3 cm³/mol. The number of ether oxygens (including phenoxy) is 1. The van der Waals surface area contributed by atoms with Gasteiger partial charge in [-0.2, -0.15) is 23.1 Å². The van der Waals surface area contributed by atoms with E-state index in [4.69, 9.17) is 0 Å². The Hall–Kier alpha value is -1.01. The SMILES string of the molecule is COC(=O)C(C)CSCC(=O)N(C)Cc1ccsc1. The molecule has 1 unspecified atom stereocenters. The molecular formula is C13H19NO3S2. The second-order valence-electron chi connectivity index (χ2n) is 4.32. The van der Waals surface area contributed by atoms with Gasteiger partial charge in [0.25, 0.3) is 0 Å². The largest absolute Gasteiger partial charge is 0.469 e. The van der Waals surface area contributed by atoms with Crippen molar-refractivity contribution in [3.05, 3.63) is 22.4 Å². The molecule has 1 aromatic heterocycles. The lowest BCUT2D eigenvalue weighted by Gasteiger charge is -2.16. The molecule has 0 saturated heterocycles. The van der Waals surface area contributed by atoms with Gasteiger partial charge >= 0.3 is 5.97 Å². The topological polar surface area (TPSA) is 46.6 Å². The van der Waals surface area contributed by atoms with Gasteiger partial charge in [-0.3, -0.25) is 9.59 Å². The number of amides is 1. The molecule has 4 nitrogen and oxygen atoms in total. The van der Waals surface area contributed by atoms with Crippen LogP contribution in [0.4, 0.5) is 0 Å². The zero-order valence-corrected chi connectivity index (χ0v) is 13.1. The Morgan fingerprint density at radius 3 is 2.84 bits per heavy atom. The van der Waals surface area contributed by atoms with E-state index >= 15 is 0 Å². The zero-order valence-electron chi connectivity index (χ0n) is 11.4. The first-order valence-electron chi connectivity index (χ1n) is 5.95. The highest BCUT2D eigenvalue weighted by Crippen LogP contribution is 2.12. The van der Waals surface area contributed by atoms with Gasteiger partial charge in [0.2, 0.25) is 5.91 Å². The van der Waals surface area contributed by atoms with Crippen LogP contribution in [0.3, 0.4) is 0 Å². The number of hydrogen-bond acceptors (Lipinski definition) is 5. The second-order valence-corrected chi connectivity index (χ2v) is 6.13. The van der Waals surface area contributed by atoms with Gasteiger partial charge < -0.3 is 9.64 Å². The summed E-state index contributed by atoms with van der Waals surface area (Å²) in [5, 5.41) is 4.04. The summed E-state index contributed by atoms with van der Waals surface area (Å²) in [6.45, 7) is 2.44. The molecule has 1 heterocycles. The minimum atomic E-state index is -0.230. The molecular weight excluding hydrogens is 282 g/mol. The maximum Gasteiger partial charge on any atom is 0.309 e. The van der Waals surface area contributed by atoms with E-state index in [2.05, 4.69) is 4.74 Å². The highest BCUT2D eigenvalue weighted by molar-refractivity contribution is 7.99. The highest BCUT2D eigenvalue weighted by Gasteiger charge is 2.15. The zero-order chi connectivity index (χ0) is 14.3. The molecule has 19 heavy (non-hydrogen) atoms. The van der Waals surface area contributed by atoms with E-state index in [1.54, 1.807) is 30.2 Å². The third kappa shape index (κ3) is 5.65. The van der Waals surface area contributed by atoms with E-state index in [1.807, 2.05) is 16.8 Å². The molecule has 1 rings (SSSR count). The van der Waals surface area contributed by atoms with E-state index in [1.165, 1.54) is 18.9 Å². The summed E-state index contributed by atoms with van der Waals surface area (Å²) in [5.74, 6) is 0.664. The quantitative estimate of drug-likeness (QED) is 0.725. The number of thiophene rings is 1. The number of hydrogen-bond donors (Lipinski definition) is 0. The minimum absolute atomic E-state index is 0.0771. The van der Waals surface area contributed by atoms with Crippen molar-refractivity contribution in [3.8, 4) is 0 Å². The lowest BCUT2D eigenvalue weighted by molar-refractivity contribution is -0.144. The summed E-state index contributed by atoms with van der Waals surface area (Å²) >= 11 is 3.09. The predicted octanol–water partition coefficient (Wildman–Crippen LogP) is 2.25. The standard InChI is InChI=1S/C13H19NO3S2/c1-10(13(16)17-3)7-19-9-12(15)14(2)6-11-4-5-18-8-11/h4-5,8,10H,6-7,9H2,1-3H3. The summed E-state index contributed by atoms with van der Waals surface area (Å²) in [6, 6.07) is 2.01. The van der Waals surface area contributed by atoms with Crippen molar-refractivity contribution in [2.45, 2.75) is 13.5 Å². The van der Waals surface area contributed by atoms with Gasteiger partial charge in [0.05, 0.1) is 18.8 Å². The molecule has 106 valence electrons. The van der Waals surface area contributed by atoms with Crippen molar-refractivity contribution in [1.82, 2.24) is 4.90 Å². The number of esters is 1. The van der Waals surface area contributed by atoms with Crippen LogP contribution in [0.15, 0.2) is 16.8 Å². The molecule has 0 saturated carbocycles. The molecule has 0 bridgehead atoms. The van der Waals surface area contributed by atoms with Gasteiger partial charge in [-0.15, -0.1) is 0 Å². The molecule has 0 radical (unpaired) electrons. The molecule has 0 aromatic carbocycles. The van der Waals surface area contributed by atoms with Crippen LogP contribution in [0, 0.1) is 5.92 Å². The molecule has 0 aliphatic rings. The summed E-state index contributed by atoms with van der Waals surface area (Å²) < 4.78 is 4.64. The van der Waals surface area contributed by atoms with Crippen molar-refractivity contribution >= 4 is 35.0 Å². The van der Waals surface area contributed by atoms with Crippen molar-refractivity contribution in [2.24, 2.45) is 5.92 Å². The third-order valence-electron chi connectivity index (χ3n) is 2.62. The van der Waals surface area contributed by atoms with E-state index in [-0.39, 0.29) is 17.8 Å². The fourth-order valence-electron chi connectivity index (χ4n) is 1.45. The van der Waals surface area contributed by atoms with Crippen molar-refractivity contribution in [1.29, 1.82) is 0 Å². The smallest absolute Gasteiger partial charge is 0.309 e. The Kier molecular flexibility index (Phi) is 6.94. The van der Waals surface area contributed by atoms with Gasteiger partial charge in [-0.05, 0) is 22.4 Å². The summed E-state index contributed by atoms with van der Waals surface area (Å²) in [6.07, 6.45) is 0. The van der Waals surface area contributed by atoms with Crippen molar-refractivity contribution in [3.63, 3.8) is 0 Å². The van der Waals surface area contributed by atoms with Gasteiger partial charge in [0.15, 0.2) is 0 Å². The van der Waals surface area contributed by atoms with Gasteiger partial charge in [0.1, 0.15) is 0 Å². The Labute approximate surface area is 122 Å². The maximum atomic E-state index is 11.9. The molecule has 6 heteroatoms. The Bertz CT molecular complexity index is 406. The average Bonchev–Trinajstić information content (AvgIpc) is 2.90. The summed E-state index contributed by atoms with van der Waals surface area (Å²) in [4.78, 5) is 24.8. The fraction of sp³-hybridized carbons (Fsp3) is 0.538. The monoisotopic (exact) mass is 301 g/mol. The maximum absolute atomic E-state index is 11.9. The first kappa shape index (κ1) is 16.0. The van der Waals surface area contributed by atoms with Gasteiger partial charge in [-0.1, -0.05) is 6.92 Å². The summed E-state index contributed by atoms with van der Waals surface area (Å²) in [5.41, 5.74) is 1.15. The van der Waals surface area contributed by atoms with Crippen LogP contribution < -0.4 is 0 Å². The number of nitrogens with zero attached hydrogens (tertiary/aromatic N) is 1. The van der Waals surface area contributed by atoms with Crippen molar-refractivity contribution < 1.29 is 14.3 Å². The molecule has 1 aromatic rings. The van der Waals surface area contributed by atoms with Crippen LogP contribution in [-0.2, 0) is 20.9 Å². The van der Waals surface area contributed by atoms with E-state index in [0.29, 0.717) is 18.1 Å².